The van der Waals surface area contributed by atoms with E-state index in [0.29, 0.717) is 28.9 Å². The molecule has 0 saturated carbocycles. The van der Waals surface area contributed by atoms with Crippen LogP contribution in [0.4, 0.5) is 5.69 Å². The van der Waals surface area contributed by atoms with E-state index in [1.54, 1.807) is 12.0 Å². The van der Waals surface area contributed by atoms with Crippen LogP contribution in [0.25, 0.3) is 0 Å². The molecule has 1 saturated heterocycles. The van der Waals surface area contributed by atoms with Gasteiger partial charge in [0.1, 0.15) is 5.75 Å². The Labute approximate surface area is 193 Å². The lowest BCUT2D eigenvalue weighted by Gasteiger charge is -2.42. The van der Waals surface area contributed by atoms with E-state index >= 15 is 0 Å². The number of methoxy groups -OCH3 is 1. The summed E-state index contributed by atoms with van der Waals surface area (Å²) in [5.74, 6) is 0.976. The molecule has 30 heavy (non-hydrogen) atoms. The van der Waals surface area contributed by atoms with Gasteiger partial charge in [-0.15, -0.1) is 0 Å². The Morgan fingerprint density at radius 3 is 2.87 bits per heavy atom. The quantitative estimate of drug-likeness (QED) is 0.541. The van der Waals surface area contributed by atoms with Crippen molar-refractivity contribution in [3.63, 3.8) is 0 Å². The fraction of sp³-hybridized carbons (Fsp3) is 0.273. The fourth-order valence-corrected chi connectivity index (χ4v) is 5.60. The minimum absolute atomic E-state index is 0.00657. The van der Waals surface area contributed by atoms with Crippen LogP contribution < -0.4 is 9.64 Å². The molecule has 2 aromatic carbocycles. The van der Waals surface area contributed by atoms with Crippen LogP contribution in [0.15, 0.2) is 51.5 Å². The second-order valence-corrected chi connectivity index (χ2v) is 9.39. The second-order valence-electron chi connectivity index (χ2n) is 7.13. The smallest absolute Gasteiger partial charge is 0.229 e. The highest BCUT2D eigenvalue weighted by molar-refractivity contribution is 9.10. The van der Waals surface area contributed by atoms with Crippen molar-refractivity contribution in [2.45, 2.75) is 19.3 Å². The van der Waals surface area contributed by atoms with Gasteiger partial charge in [0.05, 0.1) is 36.3 Å². The molecule has 2 aromatic rings. The summed E-state index contributed by atoms with van der Waals surface area (Å²) in [5, 5.41) is 11.4. The van der Waals surface area contributed by atoms with E-state index in [1.807, 2.05) is 43.3 Å². The van der Waals surface area contributed by atoms with E-state index in [1.165, 1.54) is 11.8 Å². The van der Waals surface area contributed by atoms with E-state index in [-0.39, 0.29) is 18.2 Å². The number of anilines is 1. The third-order valence-corrected chi connectivity index (χ3v) is 7.50. The van der Waals surface area contributed by atoms with Gasteiger partial charge in [-0.05, 0) is 42.8 Å². The zero-order valence-corrected chi connectivity index (χ0v) is 19.6. The molecular formula is C22H19BrClN3O2S. The van der Waals surface area contributed by atoms with Crippen molar-refractivity contribution in [3.05, 3.63) is 67.6 Å². The molecule has 2 aliphatic heterocycles. The first-order chi connectivity index (χ1) is 14.4. The molecule has 1 amide bonds. The van der Waals surface area contributed by atoms with Crippen LogP contribution in [0.3, 0.4) is 0 Å². The minimum atomic E-state index is -0.326. The number of hydrogen-bond donors (Lipinski definition) is 0. The number of benzene rings is 2. The summed E-state index contributed by atoms with van der Waals surface area (Å²) in [7, 11) is 1.60. The Bertz CT molecular complexity index is 1100. The first-order valence-electron chi connectivity index (χ1n) is 9.35. The SMILES string of the molecule is COc1ccc(Br)cc1C1CC(=O)N2CN(c3cccc(Cl)c3C)CSC2=C1C#N. The van der Waals surface area contributed by atoms with Gasteiger partial charge in [-0.2, -0.15) is 5.26 Å². The van der Waals surface area contributed by atoms with Gasteiger partial charge in [0.25, 0.3) is 0 Å². The first kappa shape index (κ1) is 21.1. The highest BCUT2D eigenvalue weighted by Crippen LogP contribution is 2.46. The Balaban J connectivity index is 1.72. The monoisotopic (exact) mass is 503 g/mol. The summed E-state index contributed by atoms with van der Waals surface area (Å²) in [6.45, 7) is 2.37. The Morgan fingerprint density at radius 1 is 1.33 bits per heavy atom. The molecule has 1 atom stereocenters. The van der Waals surface area contributed by atoms with Crippen molar-refractivity contribution < 1.29 is 9.53 Å². The third-order valence-electron chi connectivity index (χ3n) is 5.44. The lowest BCUT2D eigenvalue weighted by molar-refractivity contribution is -0.129. The van der Waals surface area contributed by atoms with E-state index in [4.69, 9.17) is 16.3 Å². The molecular weight excluding hydrogens is 486 g/mol. The molecule has 2 aliphatic rings. The number of carbonyl (C=O) groups excluding carboxylic acids is 1. The third kappa shape index (κ3) is 3.68. The molecule has 0 aliphatic carbocycles. The molecule has 4 rings (SSSR count). The van der Waals surface area contributed by atoms with Crippen LogP contribution in [0.2, 0.25) is 5.02 Å². The highest BCUT2D eigenvalue weighted by atomic mass is 79.9. The number of hydrogen-bond acceptors (Lipinski definition) is 5. The van der Waals surface area contributed by atoms with E-state index in [0.717, 1.165) is 26.3 Å². The van der Waals surface area contributed by atoms with Gasteiger partial charge in [0.2, 0.25) is 5.91 Å². The second kappa shape index (κ2) is 8.54. The number of halogens is 2. The van der Waals surface area contributed by atoms with Gasteiger partial charge in [-0.3, -0.25) is 9.69 Å². The van der Waals surface area contributed by atoms with Crippen LogP contribution in [0, 0.1) is 18.3 Å². The highest BCUT2D eigenvalue weighted by Gasteiger charge is 2.39. The minimum Gasteiger partial charge on any atom is -0.496 e. The van der Waals surface area contributed by atoms with Crippen LogP contribution in [-0.2, 0) is 4.79 Å². The lowest BCUT2D eigenvalue weighted by Crippen LogP contribution is -2.47. The van der Waals surface area contributed by atoms with Crippen molar-refractivity contribution in [2.24, 2.45) is 0 Å². The number of thioether (sulfide) groups is 1. The first-order valence-corrected chi connectivity index (χ1v) is 11.5. The average Bonchev–Trinajstić information content (AvgIpc) is 2.75. The molecule has 8 heteroatoms. The van der Waals surface area contributed by atoms with E-state index < -0.39 is 0 Å². The standard InChI is InChI=1S/C22H19BrClN3O2S/c1-13-18(24)4-3-5-19(13)26-11-27-21(28)9-15(17(10-25)22(27)30-12-26)16-8-14(23)6-7-20(16)29-2/h3-8,15H,9,11-12H2,1-2H3. The number of carbonyl (C=O) groups is 1. The number of amides is 1. The Hall–Kier alpha value is -2.14. The van der Waals surface area contributed by atoms with Gasteiger partial charge in [-0.1, -0.05) is 45.4 Å². The molecule has 0 radical (unpaired) electrons. The summed E-state index contributed by atoms with van der Waals surface area (Å²) in [6.07, 6.45) is 0.224. The Morgan fingerprint density at radius 2 is 2.13 bits per heavy atom. The molecule has 0 spiro atoms. The lowest BCUT2D eigenvalue weighted by atomic mass is 9.86. The van der Waals surface area contributed by atoms with Gasteiger partial charge >= 0.3 is 0 Å². The van der Waals surface area contributed by atoms with Crippen LogP contribution >= 0.6 is 39.3 Å². The normalized spacial score (nSPS) is 18.9. The maximum atomic E-state index is 13.2. The molecule has 1 fully saturated rings. The summed E-state index contributed by atoms with van der Waals surface area (Å²) >= 11 is 11.3. The van der Waals surface area contributed by atoms with E-state index in [9.17, 15) is 10.1 Å². The van der Waals surface area contributed by atoms with Crippen LogP contribution in [-0.4, -0.2) is 30.5 Å². The largest absolute Gasteiger partial charge is 0.496 e. The molecule has 5 nitrogen and oxygen atoms in total. The predicted molar refractivity (Wildman–Crippen MR) is 124 cm³/mol. The fourth-order valence-electron chi connectivity index (χ4n) is 3.90. The number of allylic oxidation sites excluding steroid dienone is 1. The maximum absolute atomic E-state index is 13.2. The molecule has 1 unspecified atom stereocenters. The summed E-state index contributed by atoms with van der Waals surface area (Å²) in [4.78, 5) is 17.0. The summed E-state index contributed by atoms with van der Waals surface area (Å²) in [6, 6.07) is 13.8. The summed E-state index contributed by atoms with van der Waals surface area (Å²) in [5.41, 5.74) is 3.43. The average molecular weight is 505 g/mol. The van der Waals surface area contributed by atoms with Gasteiger partial charge in [0, 0.05) is 33.1 Å². The maximum Gasteiger partial charge on any atom is 0.229 e. The molecule has 0 bridgehead atoms. The topological polar surface area (TPSA) is 56.6 Å². The molecule has 154 valence electrons. The number of nitrogens with zero attached hydrogens (tertiary/aromatic N) is 3. The summed E-state index contributed by atoms with van der Waals surface area (Å²) < 4.78 is 6.40. The predicted octanol–water partition coefficient (Wildman–Crippen LogP) is 5.64. The van der Waals surface area contributed by atoms with E-state index in [2.05, 4.69) is 26.9 Å². The van der Waals surface area contributed by atoms with Crippen molar-refractivity contribution in [1.82, 2.24) is 4.90 Å². The number of nitriles is 1. The van der Waals surface area contributed by atoms with Crippen LogP contribution in [0.5, 0.6) is 5.75 Å². The number of fused-ring (bicyclic) bond motifs is 1. The molecule has 2 heterocycles. The zero-order chi connectivity index (χ0) is 21.4. The zero-order valence-electron chi connectivity index (χ0n) is 16.5. The van der Waals surface area contributed by atoms with Crippen molar-refractivity contribution >= 4 is 50.9 Å². The van der Waals surface area contributed by atoms with Gasteiger partial charge in [-0.25, -0.2) is 0 Å². The van der Waals surface area contributed by atoms with Gasteiger partial charge in [0.15, 0.2) is 0 Å². The number of rotatable bonds is 3. The van der Waals surface area contributed by atoms with Crippen molar-refractivity contribution in [1.29, 1.82) is 5.26 Å². The van der Waals surface area contributed by atoms with Gasteiger partial charge < -0.3 is 9.64 Å². The van der Waals surface area contributed by atoms with Crippen LogP contribution in [0.1, 0.15) is 23.5 Å². The Kier molecular flexibility index (Phi) is 6.01. The van der Waals surface area contributed by atoms with Crippen molar-refractivity contribution in [3.8, 4) is 11.8 Å². The molecule has 0 N–H and O–H groups in total. The molecule has 0 aromatic heterocycles. The van der Waals surface area contributed by atoms with Crippen molar-refractivity contribution in [2.75, 3.05) is 24.6 Å². The number of ether oxygens (including phenoxy) is 1.